The first-order chi connectivity index (χ1) is 8.22. The molecule has 1 aromatic rings. The molecule has 2 rings (SSSR count). The van der Waals surface area contributed by atoms with Crippen molar-refractivity contribution in [3.63, 3.8) is 0 Å². The van der Waals surface area contributed by atoms with E-state index in [-0.39, 0.29) is 0 Å². The van der Waals surface area contributed by atoms with Crippen LogP contribution in [0.4, 0.5) is 0 Å². The van der Waals surface area contributed by atoms with E-state index in [0.29, 0.717) is 0 Å². The van der Waals surface area contributed by atoms with Crippen LogP contribution >= 0.6 is 0 Å². The Kier molecular flexibility index (Phi) is 5.99. The summed E-state index contributed by atoms with van der Waals surface area (Å²) in [6, 6.07) is 9.56. The van der Waals surface area contributed by atoms with Gasteiger partial charge in [0.25, 0.3) is 0 Å². The molecule has 17 heavy (non-hydrogen) atoms. The molecular formula is C16H25N. The van der Waals surface area contributed by atoms with Crippen LogP contribution < -0.4 is 0 Å². The van der Waals surface area contributed by atoms with E-state index in [1.165, 1.54) is 24.9 Å². The second kappa shape index (κ2) is 7.29. The van der Waals surface area contributed by atoms with Crippen molar-refractivity contribution in [2.45, 2.75) is 46.2 Å². The predicted octanol–water partition coefficient (Wildman–Crippen LogP) is 4.04. The van der Waals surface area contributed by atoms with Gasteiger partial charge in [0.15, 0.2) is 0 Å². The summed E-state index contributed by atoms with van der Waals surface area (Å²) in [6.07, 6.45) is 4.22. The summed E-state index contributed by atoms with van der Waals surface area (Å²) < 4.78 is 0. The summed E-state index contributed by atoms with van der Waals surface area (Å²) in [7, 11) is 0. The Morgan fingerprint density at radius 2 is 1.94 bits per heavy atom. The zero-order valence-corrected chi connectivity index (χ0v) is 11.4. The van der Waals surface area contributed by atoms with Gasteiger partial charge in [-0.05, 0) is 37.8 Å². The molecule has 94 valence electrons. The smallest absolute Gasteiger partial charge is 0.0239 e. The highest BCUT2D eigenvalue weighted by Gasteiger charge is 2.18. The lowest BCUT2D eigenvalue weighted by molar-refractivity contribution is 0.186. The van der Waals surface area contributed by atoms with Gasteiger partial charge in [-0.3, -0.25) is 4.90 Å². The van der Waals surface area contributed by atoms with E-state index in [1.807, 2.05) is 6.92 Å². The third kappa shape index (κ3) is 4.01. The van der Waals surface area contributed by atoms with E-state index in [2.05, 4.69) is 49.6 Å². The maximum atomic E-state index is 3.36. The number of allylic oxidation sites excluding steroid dienone is 1. The van der Waals surface area contributed by atoms with Gasteiger partial charge >= 0.3 is 0 Å². The van der Waals surface area contributed by atoms with Crippen molar-refractivity contribution in [2.75, 3.05) is 6.54 Å². The van der Waals surface area contributed by atoms with Crippen LogP contribution in [-0.4, -0.2) is 17.5 Å². The van der Waals surface area contributed by atoms with Gasteiger partial charge in [-0.25, -0.2) is 0 Å². The molecule has 1 atom stereocenters. The summed E-state index contributed by atoms with van der Waals surface area (Å²) >= 11 is 0. The molecule has 0 amide bonds. The van der Waals surface area contributed by atoms with Gasteiger partial charge in [0.1, 0.15) is 0 Å². The molecule has 1 aliphatic heterocycles. The van der Waals surface area contributed by atoms with Crippen LogP contribution in [-0.2, 0) is 13.0 Å². The van der Waals surface area contributed by atoms with E-state index in [4.69, 9.17) is 0 Å². The summed E-state index contributed by atoms with van der Waals surface area (Å²) in [5.41, 5.74) is 3.08. The molecule has 1 nitrogen and oxygen atoms in total. The first kappa shape index (κ1) is 14.0. The minimum absolute atomic E-state index is 0.725. The van der Waals surface area contributed by atoms with Crippen LogP contribution in [0.1, 0.15) is 38.3 Å². The molecule has 0 spiro atoms. The fourth-order valence-corrected chi connectivity index (χ4v) is 2.15. The van der Waals surface area contributed by atoms with Crippen LogP contribution in [0.15, 0.2) is 36.9 Å². The molecule has 1 unspecified atom stereocenters. The molecule has 1 aliphatic rings. The lowest BCUT2D eigenvalue weighted by Crippen LogP contribution is -2.37. The Morgan fingerprint density at radius 1 is 1.35 bits per heavy atom. The quantitative estimate of drug-likeness (QED) is 0.694. The normalized spacial score (nSPS) is 16.4. The molecule has 0 aromatic heterocycles. The molecule has 0 radical (unpaired) electrons. The van der Waals surface area contributed by atoms with E-state index in [1.54, 1.807) is 11.6 Å². The molecular weight excluding hydrogens is 206 g/mol. The van der Waals surface area contributed by atoms with E-state index >= 15 is 0 Å². The molecule has 0 bridgehead atoms. The fraction of sp³-hybridized carbons (Fsp3) is 0.500. The monoisotopic (exact) mass is 231 g/mol. The number of hydrogen-bond acceptors (Lipinski definition) is 1. The summed E-state index contributed by atoms with van der Waals surface area (Å²) in [5, 5.41) is 0. The lowest BCUT2D eigenvalue weighted by Gasteiger charge is -2.33. The third-order valence-electron chi connectivity index (χ3n) is 3.37. The molecule has 0 aliphatic carbocycles. The third-order valence-corrected chi connectivity index (χ3v) is 3.37. The van der Waals surface area contributed by atoms with Crippen molar-refractivity contribution >= 4 is 0 Å². The van der Waals surface area contributed by atoms with Crippen molar-refractivity contribution in [1.82, 2.24) is 4.90 Å². The maximum absolute atomic E-state index is 3.36. The maximum Gasteiger partial charge on any atom is 0.0239 e. The van der Waals surface area contributed by atoms with Crippen molar-refractivity contribution in [3.05, 3.63) is 48.0 Å². The molecule has 1 heteroatoms. The van der Waals surface area contributed by atoms with E-state index in [9.17, 15) is 0 Å². The van der Waals surface area contributed by atoms with Crippen molar-refractivity contribution in [1.29, 1.82) is 0 Å². The molecule has 1 heterocycles. The average Bonchev–Trinajstić information content (AvgIpc) is 2.38. The van der Waals surface area contributed by atoms with Crippen molar-refractivity contribution < 1.29 is 0 Å². The number of rotatable bonds is 2. The number of hydrogen-bond donors (Lipinski definition) is 0. The highest BCUT2D eigenvalue weighted by atomic mass is 15.1. The molecule has 0 fully saturated rings. The fourth-order valence-electron chi connectivity index (χ4n) is 2.15. The Bertz CT molecular complexity index is 343. The SMILES string of the molecule is C=CC.CCC(C)N1CCc2ccccc2C1. The van der Waals surface area contributed by atoms with Gasteiger partial charge in [0.2, 0.25) is 0 Å². The highest BCUT2D eigenvalue weighted by Crippen LogP contribution is 2.20. The largest absolute Gasteiger partial charge is 0.296 e. The first-order valence-corrected chi connectivity index (χ1v) is 6.60. The zero-order chi connectivity index (χ0) is 12.7. The van der Waals surface area contributed by atoms with Crippen LogP contribution in [0.5, 0.6) is 0 Å². The Labute approximate surface area is 106 Å². The number of fused-ring (bicyclic) bond motifs is 1. The standard InChI is InChI=1S/C13H19N.C3H6/c1-3-11(2)14-9-8-12-6-4-5-7-13(12)10-14;1-3-2/h4-7,11H,3,8-10H2,1-2H3;3H,1H2,2H3. The lowest BCUT2D eigenvalue weighted by atomic mass is 9.98. The summed E-state index contributed by atoms with van der Waals surface area (Å²) in [5.74, 6) is 0. The summed E-state index contributed by atoms with van der Waals surface area (Å²) in [6.45, 7) is 12.2. The van der Waals surface area contributed by atoms with E-state index in [0.717, 1.165) is 12.6 Å². The van der Waals surface area contributed by atoms with Crippen LogP contribution in [0.25, 0.3) is 0 Å². The van der Waals surface area contributed by atoms with Gasteiger partial charge in [0.05, 0.1) is 0 Å². The highest BCUT2D eigenvalue weighted by molar-refractivity contribution is 5.29. The van der Waals surface area contributed by atoms with Gasteiger partial charge in [0, 0.05) is 19.1 Å². The number of nitrogens with zero attached hydrogens (tertiary/aromatic N) is 1. The average molecular weight is 231 g/mol. The zero-order valence-electron chi connectivity index (χ0n) is 11.4. The molecule has 0 N–H and O–H groups in total. The Balaban J connectivity index is 0.000000437. The van der Waals surface area contributed by atoms with Gasteiger partial charge in [-0.2, -0.15) is 0 Å². The van der Waals surface area contributed by atoms with Crippen LogP contribution in [0.3, 0.4) is 0 Å². The second-order valence-electron chi connectivity index (χ2n) is 4.65. The Hall–Kier alpha value is -1.08. The molecule has 1 aromatic carbocycles. The first-order valence-electron chi connectivity index (χ1n) is 6.60. The van der Waals surface area contributed by atoms with E-state index < -0.39 is 0 Å². The Morgan fingerprint density at radius 3 is 2.53 bits per heavy atom. The number of benzene rings is 1. The van der Waals surface area contributed by atoms with Gasteiger partial charge in [-0.1, -0.05) is 37.3 Å². The van der Waals surface area contributed by atoms with Crippen molar-refractivity contribution in [3.8, 4) is 0 Å². The topological polar surface area (TPSA) is 3.24 Å². The predicted molar refractivity (Wildman–Crippen MR) is 76.2 cm³/mol. The van der Waals surface area contributed by atoms with Crippen molar-refractivity contribution in [2.24, 2.45) is 0 Å². The van der Waals surface area contributed by atoms with Gasteiger partial charge < -0.3 is 0 Å². The second-order valence-corrected chi connectivity index (χ2v) is 4.65. The minimum Gasteiger partial charge on any atom is -0.296 e. The molecule has 0 saturated heterocycles. The minimum atomic E-state index is 0.725. The summed E-state index contributed by atoms with van der Waals surface area (Å²) in [4.78, 5) is 2.59. The van der Waals surface area contributed by atoms with Gasteiger partial charge in [-0.15, -0.1) is 6.58 Å². The molecule has 0 saturated carbocycles. The van der Waals surface area contributed by atoms with Crippen LogP contribution in [0.2, 0.25) is 0 Å². The van der Waals surface area contributed by atoms with Crippen LogP contribution in [0, 0.1) is 0 Å².